The quantitative estimate of drug-likeness (QED) is 0.679. The molecule has 1 rings (SSSR count). The van der Waals surface area contributed by atoms with E-state index in [1.807, 2.05) is 19.9 Å². The fourth-order valence-electron chi connectivity index (χ4n) is 1.59. The van der Waals surface area contributed by atoms with E-state index in [1.54, 1.807) is 0 Å². The first-order valence-electron chi connectivity index (χ1n) is 4.33. The van der Waals surface area contributed by atoms with Crippen molar-refractivity contribution in [3.63, 3.8) is 0 Å². The maximum atomic E-state index is 9.58. The maximum absolute atomic E-state index is 9.58. The van der Waals surface area contributed by atoms with Gasteiger partial charge in [0.25, 0.3) is 0 Å². The topological polar surface area (TPSA) is 47.3 Å². The molecule has 0 fully saturated rings. The van der Waals surface area contributed by atoms with Gasteiger partial charge in [-0.15, -0.1) is 0 Å². The summed E-state index contributed by atoms with van der Waals surface area (Å²) in [7, 11) is 0. The van der Waals surface area contributed by atoms with Gasteiger partial charge in [0, 0.05) is 5.57 Å². The molecule has 1 aliphatic rings. The third kappa shape index (κ3) is 1.36. The van der Waals surface area contributed by atoms with E-state index >= 15 is 0 Å². The molecule has 1 heterocycles. The van der Waals surface area contributed by atoms with Crippen LogP contribution < -0.4 is 0 Å². The number of rotatable bonds is 2. The molecule has 3 nitrogen and oxygen atoms in total. The molecule has 0 aromatic rings. The zero-order valence-electron chi connectivity index (χ0n) is 7.49. The van der Waals surface area contributed by atoms with Crippen molar-refractivity contribution in [1.82, 2.24) is 5.06 Å². The fraction of sp³-hybridized carbons (Fsp3) is 0.667. The molecule has 3 heteroatoms. The van der Waals surface area contributed by atoms with Crippen LogP contribution >= 0.6 is 0 Å². The summed E-state index contributed by atoms with van der Waals surface area (Å²) < 4.78 is 0. The van der Waals surface area contributed by atoms with Crippen molar-refractivity contribution in [2.75, 3.05) is 0 Å². The van der Waals surface area contributed by atoms with Crippen LogP contribution in [0.4, 0.5) is 0 Å². The second kappa shape index (κ2) is 3.70. The Kier molecular flexibility index (Phi) is 2.85. The van der Waals surface area contributed by atoms with Crippen LogP contribution in [0.5, 0.6) is 0 Å². The highest BCUT2D eigenvalue weighted by atomic mass is 16.5. The van der Waals surface area contributed by atoms with Gasteiger partial charge in [-0.2, -0.15) is 10.3 Å². The number of nitrogens with zero attached hydrogens (tertiary/aromatic N) is 2. The predicted molar refractivity (Wildman–Crippen MR) is 45.5 cm³/mol. The molecule has 0 saturated carbocycles. The third-order valence-electron chi connectivity index (χ3n) is 2.32. The molecule has 1 aliphatic heterocycles. The molecule has 12 heavy (non-hydrogen) atoms. The van der Waals surface area contributed by atoms with Gasteiger partial charge in [-0.25, -0.2) is 0 Å². The highest BCUT2D eigenvalue weighted by molar-refractivity contribution is 5.32. The third-order valence-corrected chi connectivity index (χ3v) is 2.32. The fourth-order valence-corrected chi connectivity index (χ4v) is 1.59. The Bertz CT molecular complexity index is 229. The lowest BCUT2D eigenvalue weighted by Gasteiger charge is -2.22. The van der Waals surface area contributed by atoms with Gasteiger partial charge >= 0.3 is 0 Å². The number of nitriles is 1. The van der Waals surface area contributed by atoms with Gasteiger partial charge in [0.2, 0.25) is 0 Å². The van der Waals surface area contributed by atoms with Crippen molar-refractivity contribution < 1.29 is 5.21 Å². The van der Waals surface area contributed by atoms with Gasteiger partial charge in [0.05, 0.1) is 18.2 Å². The Morgan fingerprint density at radius 3 is 2.58 bits per heavy atom. The van der Waals surface area contributed by atoms with Crippen molar-refractivity contribution in [2.45, 2.75) is 38.8 Å². The van der Waals surface area contributed by atoms with Gasteiger partial charge in [-0.3, -0.25) is 0 Å². The van der Waals surface area contributed by atoms with E-state index in [4.69, 9.17) is 5.26 Å². The normalized spacial score (nSPS) is 30.0. The van der Waals surface area contributed by atoms with E-state index in [2.05, 4.69) is 6.07 Å². The van der Waals surface area contributed by atoms with E-state index in [0.717, 1.165) is 12.8 Å². The van der Waals surface area contributed by atoms with E-state index < -0.39 is 0 Å². The van der Waals surface area contributed by atoms with Crippen molar-refractivity contribution in [3.8, 4) is 6.07 Å². The van der Waals surface area contributed by atoms with Crippen LogP contribution in [-0.4, -0.2) is 22.4 Å². The molecule has 0 bridgehead atoms. The Balaban J connectivity index is 2.80. The molecule has 0 aliphatic carbocycles. The summed E-state index contributed by atoms with van der Waals surface area (Å²) in [5, 5.41) is 19.6. The summed E-state index contributed by atoms with van der Waals surface area (Å²) in [5.41, 5.74) is 0.701. The lowest BCUT2D eigenvalue weighted by Crippen LogP contribution is -2.34. The molecule has 1 N–H and O–H groups in total. The smallest absolute Gasteiger partial charge is 0.0962 e. The molecular weight excluding hydrogens is 152 g/mol. The average molecular weight is 166 g/mol. The molecular formula is C9H14N2O. The maximum Gasteiger partial charge on any atom is 0.0962 e. The van der Waals surface area contributed by atoms with Gasteiger partial charge in [0.1, 0.15) is 0 Å². The number of hydrogen-bond donors (Lipinski definition) is 1. The van der Waals surface area contributed by atoms with Gasteiger partial charge in [-0.05, 0) is 18.9 Å². The first-order chi connectivity index (χ1) is 5.74. The van der Waals surface area contributed by atoms with E-state index in [-0.39, 0.29) is 12.1 Å². The summed E-state index contributed by atoms with van der Waals surface area (Å²) in [6, 6.07) is 2.07. The lowest BCUT2D eigenvalue weighted by molar-refractivity contribution is -0.128. The predicted octanol–water partition coefficient (Wildman–Crippen LogP) is 1.70. The van der Waals surface area contributed by atoms with Crippen LogP contribution in [0.1, 0.15) is 26.7 Å². The molecule has 0 aromatic heterocycles. The minimum absolute atomic E-state index is 0.0320. The zero-order chi connectivity index (χ0) is 9.14. The highest BCUT2D eigenvalue weighted by Gasteiger charge is 2.31. The minimum atomic E-state index is -0.0834. The van der Waals surface area contributed by atoms with Crippen LogP contribution in [0.15, 0.2) is 11.6 Å². The SMILES string of the molecule is CCC1C=C(C#N)C(CC)N1O. The van der Waals surface area contributed by atoms with Crippen LogP contribution in [0.25, 0.3) is 0 Å². The molecule has 66 valence electrons. The van der Waals surface area contributed by atoms with E-state index in [0.29, 0.717) is 5.57 Å². The van der Waals surface area contributed by atoms with Gasteiger partial charge in [-0.1, -0.05) is 13.8 Å². The van der Waals surface area contributed by atoms with E-state index in [1.165, 1.54) is 5.06 Å². The van der Waals surface area contributed by atoms with Crippen molar-refractivity contribution in [1.29, 1.82) is 5.26 Å². The summed E-state index contributed by atoms with van der Waals surface area (Å²) in [6.45, 7) is 3.97. The van der Waals surface area contributed by atoms with E-state index in [9.17, 15) is 5.21 Å². The van der Waals surface area contributed by atoms with Crippen LogP contribution in [-0.2, 0) is 0 Å². The first kappa shape index (κ1) is 9.24. The number of hydrogen-bond acceptors (Lipinski definition) is 3. The molecule has 0 amide bonds. The van der Waals surface area contributed by atoms with Gasteiger partial charge in [0.15, 0.2) is 0 Å². The molecule has 0 aromatic carbocycles. The second-order valence-corrected chi connectivity index (χ2v) is 3.01. The first-order valence-corrected chi connectivity index (χ1v) is 4.33. The molecule has 2 atom stereocenters. The zero-order valence-corrected chi connectivity index (χ0v) is 7.49. The average Bonchev–Trinajstić information content (AvgIpc) is 2.41. The van der Waals surface area contributed by atoms with Crippen LogP contribution in [0, 0.1) is 11.3 Å². The van der Waals surface area contributed by atoms with Crippen LogP contribution in [0.2, 0.25) is 0 Å². The molecule has 0 spiro atoms. The molecule has 2 unspecified atom stereocenters. The molecule has 0 radical (unpaired) electrons. The van der Waals surface area contributed by atoms with Crippen LogP contribution in [0.3, 0.4) is 0 Å². The highest BCUT2D eigenvalue weighted by Crippen LogP contribution is 2.25. The summed E-state index contributed by atoms with van der Waals surface area (Å²) in [4.78, 5) is 0. The summed E-state index contributed by atoms with van der Waals surface area (Å²) in [5.74, 6) is 0. The summed E-state index contributed by atoms with van der Waals surface area (Å²) in [6.07, 6.45) is 3.48. The van der Waals surface area contributed by atoms with Crippen molar-refractivity contribution >= 4 is 0 Å². The Labute approximate surface area is 72.9 Å². The second-order valence-electron chi connectivity index (χ2n) is 3.01. The standard InChI is InChI=1S/C9H14N2O/c1-3-8-5-7(6-10)9(4-2)11(8)12/h5,8-9,12H,3-4H2,1-2H3. The van der Waals surface area contributed by atoms with Gasteiger partial charge < -0.3 is 5.21 Å². The number of hydroxylamine groups is 2. The monoisotopic (exact) mass is 166 g/mol. The van der Waals surface area contributed by atoms with Crippen molar-refractivity contribution in [3.05, 3.63) is 11.6 Å². The minimum Gasteiger partial charge on any atom is -0.313 e. The van der Waals surface area contributed by atoms with Crippen molar-refractivity contribution in [2.24, 2.45) is 0 Å². The summed E-state index contributed by atoms with van der Waals surface area (Å²) >= 11 is 0. The largest absolute Gasteiger partial charge is 0.313 e. The Morgan fingerprint density at radius 2 is 2.25 bits per heavy atom. The Hall–Kier alpha value is -0.850. The molecule has 0 saturated heterocycles. The Morgan fingerprint density at radius 1 is 1.58 bits per heavy atom. The lowest BCUT2D eigenvalue weighted by atomic mass is 10.1.